The topological polar surface area (TPSA) is 60.2 Å². The quantitative estimate of drug-likeness (QED) is 0.810. The van der Waals surface area contributed by atoms with Gasteiger partial charge < -0.3 is 15.8 Å². The van der Waals surface area contributed by atoms with E-state index in [4.69, 9.17) is 10.5 Å². The average molecular weight is 243 g/mol. The maximum atomic E-state index is 5.86. The molecule has 1 heterocycles. The van der Waals surface area contributed by atoms with Crippen LogP contribution in [0.2, 0.25) is 0 Å². The summed E-state index contributed by atoms with van der Waals surface area (Å²) >= 11 is 0. The van der Waals surface area contributed by atoms with E-state index in [-0.39, 0.29) is 0 Å². The molecule has 0 radical (unpaired) electrons. The van der Waals surface area contributed by atoms with E-state index in [0.29, 0.717) is 18.0 Å². The Morgan fingerprint density at radius 2 is 2.11 bits per heavy atom. The fourth-order valence-electron chi connectivity index (χ4n) is 1.73. The number of nitrogens with zero attached hydrogens (tertiary/aromatic N) is 1. The summed E-state index contributed by atoms with van der Waals surface area (Å²) in [6.07, 6.45) is 0. The first-order chi connectivity index (χ1) is 8.69. The molecular weight excluding hydrogens is 226 g/mol. The Bertz CT molecular complexity index is 540. The second-order valence-electron chi connectivity index (χ2n) is 4.09. The van der Waals surface area contributed by atoms with Crippen LogP contribution in [-0.4, -0.2) is 12.1 Å². The summed E-state index contributed by atoms with van der Waals surface area (Å²) in [5.74, 6) is 1.57. The number of pyridine rings is 1. The van der Waals surface area contributed by atoms with Gasteiger partial charge in [0.15, 0.2) is 0 Å². The van der Waals surface area contributed by atoms with E-state index in [1.165, 1.54) is 0 Å². The van der Waals surface area contributed by atoms with Gasteiger partial charge in [0.1, 0.15) is 11.6 Å². The van der Waals surface area contributed by atoms with Crippen LogP contribution < -0.4 is 15.8 Å². The van der Waals surface area contributed by atoms with Gasteiger partial charge in [-0.25, -0.2) is 4.98 Å². The van der Waals surface area contributed by atoms with Crippen LogP contribution in [0, 0.1) is 6.92 Å². The van der Waals surface area contributed by atoms with E-state index >= 15 is 0 Å². The predicted molar refractivity (Wildman–Crippen MR) is 73.7 cm³/mol. The fraction of sp³-hybridized carbons (Fsp3) is 0.214. The van der Waals surface area contributed by atoms with Crippen molar-refractivity contribution in [3.63, 3.8) is 0 Å². The standard InChI is InChI=1S/C14H17N3O/c1-10-4-3-5-14(17-10)16-9-11-6-7-13(18-2)12(15)8-11/h3-8H,9,15H2,1-2H3,(H,16,17). The summed E-state index contributed by atoms with van der Waals surface area (Å²) in [5, 5.41) is 3.26. The molecule has 0 amide bonds. The molecule has 3 N–H and O–H groups in total. The molecule has 0 saturated heterocycles. The minimum atomic E-state index is 0.647. The highest BCUT2D eigenvalue weighted by Crippen LogP contribution is 2.22. The van der Waals surface area contributed by atoms with Crippen LogP contribution in [-0.2, 0) is 6.54 Å². The highest BCUT2D eigenvalue weighted by Gasteiger charge is 2.01. The van der Waals surface area contributed by atoms with Crippen LogP contribution in [0.5, 0.6) is 5.75 Å². The predicted octanol–water partition coefficient (Wildman–Crippen LogP) is 2.59. The number of nitrogens with one attached hydrogen (secondary N) is 1. The summed E-state index contributed by atoms with van der Waals surface area (Å²) in [6.45, 7) is 2.65. The zero-order valence-corrected chi connectivity index (χ0v) is 10.6. The Morgan fingerprint density at radius 1 is 1.28 bits per heavy atom. The molecule has 0 unspecified atom stereocenters. The molecule has 0 aliphatic rings. The number of nitrogens with two attached hydrogens (primary N) is 1. The molecule has 94 valence electrons. The SMILES string of the molecule is COc1ccc(CNc2cccc(C)n2)cc1N. The van der Waals surface area contributed by atoms with Gasteiger partial charge >= 0.3 is 0 Å². The maximum Gasteiger partial charge on any atom is 0.141 e. The van der Waals surface area contributed by atoms with E-state index in [1.807, 2.05) is 43.3 Å². The third-order valence-electron chi connectivity index (χ3n) is 2.66. The molecule has 0 aliphatic carbocycles. The molecule has 1 aromatic heterocycles. The number of nitrogen functional groups attached to an aromatic ring is 1. The summed E-state index contributed by atoms with van der Waals surface area (Å²) in [7, 11) is 1.61. The molecule has 0 bridgehead atoms. The zero-order chi connectivity index (χ0) is 13.0. The number of hydrogen-bond donors (Lipinski definition) is 2. The minimum absolute atomic E-state index is 0.647. The van der Waals surface area contributed by atoms with Crippen LogP contribution in [0.25, 0.3) is 0 Å². The molecule has 4 nitrogen and oxygen atoms in total. The van der Waals surface area contributed by atoms with Crippen LogP contribution in [0.1, 0.15) is 11.3 Å². The van der Waals surface area contributed by atoms with Crippen molar-refractivity contribution in [3.05, 3.63) is 47.7 Å². The molecule has 1 aromatic carbocycles. The van der Waals surface area contributed by atoms with Gasteiger partial charge in [0, 0.05) is 12.2 Å². The van der Waals surface area contributed by atoms with Crippen LogP contribution >= 0.6 is 0 Å². The van der Waals surface area contributed by atoms with E-state index in [2.05, 4.69) is 10.3 Å². The number of rotatable bonds is 4. The summed E-state index contributed by atoms with van der Waals surface area (Å²) < 4.78 is 5.12. The number of ether oxygens (including phenoxy) is 1. The average Bonchev–Trinajstić information content (AvgIpc) is 2.37. The van der Waals surface area contributed by atoms with Crippen molar-refractivity contribution in [2.75, 3.05) is 18.2 Å². The molecule has 0 spiro atoms. The molecule has 18 heavy (non-hydrogen) atoms. The van der Waals surface area contributed by atoms with Gasteiger partial charge in [-0.05, 0) is 36.8 Å². The Balaban J connectivity index is 2.04. The maximum absolute atomic E-state index is 5.86. The monoisotopic (exact) mass is 243 g/mol. The number of benzene rings is 1. The third kappa shape index (κ3) is 2.91. The Morgan fingerprint density at radius 3 is 2.78 bits per heavy atom. The minimum Gasteiger partial charge on any atom is -0.495 e. The first-order valence-corrected chi connectivity index (χ1v) is 5.79. The van der Waals surface area contributed by atoms with E-state index < -0.39 is 0 Å². The van der Waals surface area contributed by atoms with Gasteiger partial charge in [-0.1, -0.05) is 12.1 Å². The first-order valence-electron chi connectivity index (χ1n) is 5.79. The van der Waals surface area contributed by atoms with Gasteiger partial charge in [-0.3, -0.25) is 0 Å². The summed E-state index contributed by atoms with van der Waals surface area (Å²) in [5.41, 5.74) is 8.59. The lowest BCUT2D eigenvalue weighted by Gasteiger charge is -2.09. The number of methoxy groups -OCH3 is 1. The van der Waals surface area contributed by atoms with Gasteiger partial charge in [-0.15, -0.1) is 0 Å². The molecule has 0 atom stereocenters. The van der Waals surface area contributed by atoms with Gasteiger partial charge in [0.2, 0.25) is 0 Å². The second-order valence-corrected chi connectivity index (χ2v) is 4.09. The molecule has 0 aliphatic heterocycles. The molecule has 2 rings (SSSR count). The fourth-order valence-corrected chi connectivity index (χ4v) is 1.73. The van der Waals surface area contributed by atoms with E-state index in [9.17, 15) is 0 Å². The Labute approximate surface area is 107 Å². The van der Waals surface area contributed by atoms with E-state index in [1.54, 1.807) is 7.11 Å². The van der Waals surface area contributed by atoms with Crippen molar-refractivity contribution < 1.29 is 4.74 Å². The Hall–Kier alpha value is -2.23. The molecule has 0 saturated carbocycles. The molecule has 4 heteroatoms. The van der Waals surface area contributed by atoms with E-state index in [0.717, 1.165) is 17.1 Å². The molecular formula is C14H17N3O. The number of anilines is 2. The van der Waals surface area contributed by atoms with Crippen molar-refractivity contribution >= 4 is 11.5 Å². The lowest BCUT2D eigenvalue weighted by molar-refractivity contribution is 0.417. The summed E-state index contributed by atoms with van der Waals surface area (Å²) in [6, 6.07) is 11.7. The van der Waals surface area contributed by atoms with Crippen molar-refractivity contribution in [2.24, 2.45) is 0 Å². The van der Waals surface area contributed by atoms with Crippen molar-refractivity contribution in [1.29, 1.82) is 0 Å². The van der Waals surface area contributed by atoms with Crippen molar-refractivity contribution in [3.8, 4) is 5.75 Å². The van der Waals surface area contributed by atoms with Crippen LogP contribution in [0.3, 0.4) is 0 Å². The first kappa shape index (κ1) is 12.2. The second kappa shape index (κ2) is 5.40. The number of aryl methyl sites for hydroxylation is 1. The third-order valence-corrected chi connectivity index (χ3v) is 2.66. The van der Waals surface area contributed by atoms with Crippen molar-refractivity contribution in [2.45, 2.75) is 13.5 Å². The van der Waals surface area contributed by atoms with Crippen LogP contribution in [0.4, 0.5) is 11.5 Å². The normalized spacial score (nSPS) is 10.1. The molecule has 2 aromatic rings. The van der Waals surface area contributed by atoms with Gasteiger partial charge in [-0.2, -0.15) is 0 Å². The lowest BCUT2D eigenvalue weighted by atomic mass is 10.2. The number of hydrogen-bond acceptors (Lipinski definition) is 4. The number of aromatic nitrogens is 1. The van der Waals surface area contributed by atoms with Gasteiger partial charge in [0.25, 0.3) is 0 Å². The summed E-state index contributed by atoms with van der Waals surface area (Å²) in [4.78, 5) is 4.38. The lowest BCUT2D eigenvalue weighted by Crippen LogP contribution is -2.03. The highest BCUT2D eigenvalue weighted by atomic mass is 16.5. The largest absolute Gasteiger partial charge is 0.495 e. The zero-order valence-electron chi connectivity index (χ0n) is 10.6. The molecule has 0 fully saturated rings. The highest BCUT2D eigenvalue weighted by molar-refractivity contribution is 5.54. The smallest absolute Gasteiger partial charge is 0.141 e. The Kier molecular flexibility index (Phi) is 3.67. The van der Waals surface area contributed by atoms with Crippen molar-refractivity contribution in [1.82, 2.24) is 4.98 Å². The van der Waals surface area contributed by atoms with Gasteiger partial charge in [0.05, 0.1) is 12.8 Å². The van der Waals surface area contributed by atoms with Crippen LogP contribution in [0.15, 0.2) is 36.4 Å².